The number of piperidine rings is 1. The van der Waals surface area contributed by atoms with Gasteiger partial charge in [-0.3, -0.25) is 9.69 Å². The maximum Gasteiger partial charge on any atom is 0.387 e. The van der Waals surface area contributed by atoms with E-state index in [0.29, 0.717) is 78.2 Å². The fourth-order valence-corrected chi connectivity index (χ4v) is 6.37. The number of aliphatic hydroxyl groups excluding tert-OH is 1. The van der Waals surface area contributed by atoms with Crippen molar-refractivity contribution in [3.8, 4) is 17.2 Å². The van der Waals surface area contributed by atoms with Gasteiger partial charge in [-0.05, 0) is 86.3 Å². The Bertz CT molecular complexity index is 1710. The van der Waals surface area contributed by atoms with E-state index in [1.165, 1.54) is 18.2 Å². The Labute approximate surface area is 309 Å². The predicted octanol–water partition coefficient (Wildman–Crippen LogP) is 6.45. The summed E-state index contributed by atoms with van der Waals surface area (Å²) in [4.78, 5) is 28.5. The lowest BCUT2D eigenvalue weighted by molar-refractivity contribution is -0.605. The topological polar surface area (TPSA) is 131 Å². The van der Waals surface area contributed by atoms with Gasteiger partial charge >= 0.3 is 18.6 Å². The van der Waals surface area contributed by atoms with Crippen LogP contribution >= 0.6 is 23.2 Å². The molecule has 0 amide bonds. The Kier molecular flexibility index (Phi) is 12.6. The molecule has 2 saturated carbocycles. The van der Waals surface area contributed by atoms with E-state index in [9.17, 15) is 28.7 Å². The molecule has 1 atom stereocenters. The number of pyridine rings is 1. The molecule has 2 heterocycles. The zero-order valence-corrected chi connectivity index (χ0v) is 29.8. The molecular weight excluding hydrogens is 725 g/mol. The van der Waals surface area contributed by atoms with Crippen LogP contribution in [0.1, 0.15) is 71.7 Å². The van der Waals surface area contributed by atoms with E-state index in [4.69, 9.17) is 46.9 Å². The molecule has 1 unspecified atom stereocenters. The molecule has 1 N–H and O–H groups in total. The number of aliphatic hydroxyl groups is 1. The minimum atomic E-state index is -3.09. The molecule has 2 aromatic carbocycles. The number of halogens is 4. The van der Waals surface area contributed by atoms with E-state index in [1.807, 2.05) is 4.90 Å². The number of rotatable bonds is 17. The minimum absolute atomic E-state index is 0.0356. The molecule has 1 saturated heterocycles. The van der Waals surface area contributed by atoms with Crippen LogP contribution < -0.4 is 18.9 Å². The second kappa shape index (κ2) is 17.3. The van der Waals surface area contributed by atoms with Crippen molar-refractivity contribution in [1.29, 1.82) is 0 Å². The lowest BCUT2D eigenvalue weighted by Crippen LogP contribution is -2.39. The van der Waals surface area contributed by atoms with Crippen LogP contribution in [0.2, 0.25) is 10.0 Å². The van der Waals surface area contributed by atoms with Crippen LogP contribution in [0.25, 0.3) is 0 Å². The van der Waals surface area contributed by atoms with Gasteiger partial charge in [-0.2, -0.15) is 13.5 Å². The summed E-state index contributed by atoms with van der Waals surface area (Å²) >= 11 is 12.8. The van der Waals surface area contributed by atoms with Gasteiger partial charge in [-0.25, -0.2) is 4.79 Å². The fourth-order valence-electron chi connectivity index (χ4n) is 5.78. The lowest BCUT2D eigenvalue weighted by atomic mass is 10.0. The number of hydrogen-bond acceptors (Lipinski definition) is 10. The molecule has 1 aromatic heterocycles. The zero-order valence-electron chi connectivity index (χ0n) is 28.3. The van der Waals surface area contributed by atoms with Gasteiger partial charge in [0.15, 0.2) is 23.9 Å². The SMILES string of the molecule is O=C(CN1CCC(O)CC1)OCc1cc(C(=O)OC(Cc2c(Cl)c[n+]([O-])cc2Cl)c2ccc(OC(F)F)c(OCC3CC3)c2)ccc1OCC1CC1. The Morgan fingerprint density at radius 1 is 0.904 bits per heavy atom. The average Bonchev–Trinajstić information content (AvgIpc) is 4.04. The normalized spacial score (nSPS) is 17.1. The van der Waals surface area contributed by atoms with Crippen LogP contribution in [0, 0.1) is 17.0 Å². The number of ether oxygens (including phenoxy) is 5. The second-order valence-electron chi connectivity index (χ2n) is 13.5. The maximum absolute atomic E-state index is 13.9. The number of hydrogen-bond donors (Lipinski definition) is 1. The largest absolute Gasteiger partial charge is 0.619 e. The second-order valence-corrected chi connectivity index (χ2v) is 14.3. The molecule has 52 heavy (non-hydrogen) atoms. The van der Waals surface area contributed by atoms with Crippen LogP contribution in [-0.2, 0) is 27.3 Å². The summed E-state index contributed by atoms with van der Waals surface area (Å²) in [5, 5.41) is 21.8. The van der Waals surface area contributed by atoms with Crippen molar-refractivity contribution >= 4 is 35.1 Å². The highest BCUT2D eigenvalue weighted by Gasteiger charge is 2.28. The van der Waals surface area contributed by atoms with Crippen molar-refractivity contribution in [2.24, 2.45) is 11.8 Å². The van der Waals surface area contributed by atoms with E-state index >= 15 is 0 Å². The number of nitrogens with zero attached hydrogens (tertiary/aromatic N) is 2. The zero-order chi connectivity index (χ0) is 36.8. The highest BCUT2D eigenvalue weighted by atomic mass is 35.5. The van der Waals surface area contributed by atoms with E-state index in [-0.39, 0.29) is 52.8 Å². The molecule has 1 aliphatic heterocycles. The number of alkyl halides is 2. The first-order valence-electron chi connectivity index (χ1n) is 17.3. The van der Waals surface area contributed by atoms with Crippen molar-refractivity contribution in [2.75, 3.05) is 32.8 Å². The monoisotopic (exact) mass is 764 g/mol. The van der Waals surface area contributed by atoms with Crippen molar-refractivity contribution < 1.29 is 51.9 Å². The summed E-state index contributed by atoms with van der Waals surface area (Å²) in [5.74, 6) is -0.114. The number of carbonyl (C=O) groups excluding carboxylic acids is 2. The van der Waals surface area contributed by atoms with E-state index in [2.05, 4.69) is 0 Å². The Morgan fingerprint density at radius 3 is 2.17 bits per heavy atom. The molecule has 3 aliphatic rings. The summed E-state index contributed by atoms with van der Waals surface area (Å²) in [5.41, 5.74) is 1.29. The summed E-state index contributed by atoms with van der Waals surface area (Å²) in [6, 6.07) is 8.97. The third-order valence-corrected chi connectivity index (χ3v) is 9.84. The standard InChI is InChI=1S/C37H40Cl2F2N2O9/c38-29-16-43(47)17-30(39)28(29)15-33(24-5-8-32(52-37(40)41)34(14-24)49-20-23-3-4-23)51-36(46)25-6-7-31(48-19-22-1-2-22)26(13-25)21-50-35(45)18-42-11-9-27(44)10-12-42/h5-8,13-14,16-17,22-23,27,33,37,44H,1-4,9-12,15,18-21H2. The highest BCUT2D eigenvalue weighted by Crippen LogP contribution is 2.38. The van der Waals surface area contributed by atoms with Crippen molar-refractivity contribution in [2.45, 2.75) is 70.4 Å². The number of carbonyl (C=O) groups is 2. The van der Waals surface area contributed by atoms with E-state index in [1.54, 1.807) is 18.2 Å². The highest BCUT2D eigenvalue weighted by molar-refractivity contribution is 6.35. The summed E-state index contributed by atoms with van der Waals surface area (Å²) in [6.45, 7) is -1.22. The van der Waals surface area contributed by atoms with Gasteiger partial charge in [-0.1, -0.05) is 29.3 Å². The van der Waals surface area contributed by atoms with Gasteiger partial charge in [0.25, 0.3) is 0 Å². The van der Waals surface area contributed by atoms with Gasteiger partial charge < -0.3 is 34.0 Å². The molecule has 0 spiro atoms. The predicted molar refractivity (Wildman–Crippen MR) is 185 cm³/mol. The molecule has 3 aromatic rings. The molecule has 6 rings (SSSR count). The first kappa shape index (κ1) is 37.8. The van der Waals surface area contributed by atoms with Crippen LogP contribution in [0.4, 0.5) is 8.78 Å². The Balaban J connectivity index is 1.24. The molecule has 280 valence electrons. The lowest BCUT2D eigenvalue weighted by Gasteiger charge is -2.28. The Hall–Kier alpha value is -3.91. The summed E-state index contributed by atoms with van der Waals surface area (Å²) < 4.78 is 55.2. The first-order valence-corrected chi connectivity index (χ1v) is 18.1. The van der Waals surface area contributed by atoms with Gasteiger partial charge in [0, 0.05) is 30.6 Å². The molecule has 11 nitrogen and oxygen atoms in total. The first-order chi connectivity index (χ1) is 25.0. The molecule has 2 aliphatic carbocycles. The summed E-state index contributed by atoms with van der Waals surface area (Å²) in [7, 11) is 0. The van der Waals surface area contributed by atoms with Gasteiger partial charge in [-0.15, -0.1) is 0 Å². The molecular formula is C37H40Cl2F2N2O9. The molecule has 0 bridgehead atoms. The third kappa shape index (κ3) is 10.8. The smallest absolute Gasteiger partial charge is 0.387 e. The molecule has 0 radical (unpaired) electrons. The van der Waals surface area contributed by atoms with Gasteiger partial charge in [0.05, 0.1) is 31.4 Å². The van der Waals surface area contributed by atoms with Crippen LogP contribution in [0.5, 0.6) is 17.2 Å². The van der Waals surface area contributed by atoms with Gasteiger partial charge in [0.2, 0.25) is 0 Å². The van der Waals surface area contributed by atoms with E-state index in [0.717, 1.165) is 38.1 Å². The third-order valence-electron chi connectivity index (χ3n) is 9.19. The van der Waals surface area contributed by atoms with Crippen molar-refractivity contribution in [3.05, 3.63) is 86.3 Å². The molecule has 15 heteroatoms. The minimum Gasteiger partial charge on any atom is -0.619 e. The number of benzene rings is 2. The number of aromatic nitrogens is 1. The quantitative estimate of drug-likeness (QED) is 0.0931. The van der Waals surface area contributed by atoms with Gasteiger partial charge in [0.1, 0.15) is 28.5 Å². The maximum atomic E-state index is 13.9. The van der Waals surface area contributed by atoms with Crippen LogP contribution in [0.15, 0.2) is 48.8 Å². The van der Waals surface area contributed by atoms with Crippen molar-refractivity contribution in [3.63, 3.8) is 0 Å². The average molecular weight is 766 g/mol. The summed E-state index contributed by atoms with van der Waals surface area (Å²) in [6.07, 6.45) is 5.93. The van der Waals surface area contributed by atoms with Crippen molar-refractivity contribution in [1.82, 2.24) is 4.90 Å². The number of likely N-dealkylation sites (tertiary alicyclic amines) is 1. The molecule has 3 fully saturated rings. The van der Waals surface area contributed by atoms with E-state index < -0.39 is 24.7 Å². The number of esters is 2. The van der Waals surface area contributed by atoms with Crippen LogP contribution in [0.3, 0.4) is 0 Å². The van der Waals surface area contributed by atoms with Crippen LogP contribution in [-0.4, -0.2) is 67.5 Å². The fraction of sp³-hybridized carbons (Fsp3) is 0.486. The Morgan fingerprint density at radius 2 is 1.54 bits per heavy atom.